The lowest BCUT2D eigenvalue weighted by Gasteiger charge is -2.06. The second kappa shape index (κ2) is 6.48. The fraction of sp³-hybridized carbons (Fsp3) is 0.571. The summed E-state index contributed by atoms with van der Waals surface area (Å²) in [6.45, 7) is 6.95. The molecule has 0 rings (SSSR count). The normalized spacial score (nSPS) is 12.5. The number of amidine groups is 1. The SMILES string of the molecule is C=NNC(=NC=NCO)C(C)C. The molecule has 0 saturated carbocycles. The van der Waals surface area contributed by atoms with E-state index < -0.39 is 0 Å². The van der Waals surface area contributed by atoms with Gasteiger partial charge in [0.15, 0.2) is 0 Å². The molecule has 0 spiro atoms. The maximum atomic E-state index is 8.32. The molecule has 0 bridgehead atoms. The molecule has 0 aliphatic heterocycles. The molecule has 2 N–H and O–H groups in total. The Bertz CT molecular complexity index is 186. The predicted octanol–water partition coefficient (Wildman–Crippen LogP) is 0.224. The van der Waals surface area contributed by atoms with E-state index in [1.165, 1.54) is 6.34 Å². The van der Waals surface area contributed by atoms with Crippen molar-refractivity contribution in [2.24, 2.45) is 21.0 Å². The van der Waals surface area contributed by atoms with Gasteiger partial charge in [-0.05, 0) is 0 Å². The zero-order valence-corrected chi connectivity index (χ0v) is 7.36. The van der Waals surface area contributed by atoms with Crippen LogP contribution >= 0.6 is 0 Å². The zero-order chi connectivity index (χ0) is 9.40. The first kappa shape index (κ1) is 10.8. The van der Waals surface area contributed by atoms with Crippen LogP contribution < -0.4 is 5.43 Å². The molecule has 0 aliphatic carbocycles. The zero-order valence-electron chi connectivity index (χ0n) is 7.36. The second-order valence-electron chi connectivity index (χ2n) is 2.38. The topological polar surface area (TPSA) is 69.3 Å². The van der Waals surface area contributed by atoms with Crippen molar-refractivity contribution >= 4 is 18.9 Å². The van der Waals surface area contributed by atoms with Crippen LogP contribution in [0, 0.1) is 5.92 Å². The van der Waals surface area contributed by atoms with Gasteiger partial charge in [0.05, 0.1) is 0 Å². The maximum absolute atomic E-state index is 8.32. The van der Waals surface area contributed by atoms with Gasteiger partial charge in [0.1, 0.15) is 18.9 Å². The van der Waals surface area contributed by atoms with Crippen molar-refractivity contribution in [3.8, 4) is 0 Å². The van der Waals surface area contributed by atoms with Crippen LogP contribution in [-0.4, -0.2) is 30.7 Å². The smallest absolute Gasteiger partial charge is 0.136 e. The van der Waals surface area contributed by atoms with E-state index in [0.29, 0.717) is 5.84 Å². The van der Waals surface area contributed by atoms with Crippen molar-refractivity contribution in [3.05, 3.63) is 0 Å². The maximum Gasteiger partial charge on any atom is 0.136 e. The van der Waals surface area contributed by atoms with Crippen molar-refractivity contribution in [2.75, 3.05) is 6.73 Å². The fourth-order valence-corrected chi connectivity index (χ4v) is 0.528. The summed E-state index contributed by atoms with van der Waals surface area (Å²) in [5, 5.41) is 11.8. The van der Waals surface area contributed by atoms with Gasteiger partial charge in [-0.15, -0.1) is 0 Å². The predicted molar refractivity (Wildman–Crippen MR) is 50.5 cm³/mol. The van der Waals surface area contributed by atoms with Gasteiger partial charge < -0.3 is 5.11 Å². The lowest BCUT2D eigenvalue weighted by atomic mass is 10.2. The van der Waals surface area contributed by atoms with Gasteiger partial charge in [0.25, 0.3) is 0 Å². The molecule has 0 aromatic heterocycles. The first-order valence-corrected chi connectivity index (χ1v) is 3.61. The van der Waals surface area contributed by atoms with Crippen LogP contribution in [0.1, 0.15) is 13.8 Å². The van der Waals surface area contributed by atoms with Crippen LogP contribution in [0.2, 0.25) is 0 Å². The van der Waals surface area contributed by atoms with Crippen LogP contribution in [-0.2, 0) is 0 Å². The number of hydrogen-bond donors (Lipinski definition) is 2. The lowest BCUT2D eigenvalue weighted by Crippen LogP contribution is -2.23. The van der Waals surface area contributed by atoms with E-state index in [1.54, 1.807) is 0 Å². The minimum Gasteiger partial charge on any atom is -0.374 e. The Hall–Kier alpha value is -1.23. The molecule has 0 aromatic rings. The van der Waals surface area contributed by atoms with E-state index >= 15 is 0 Å². The van der Waals surface area contributed by atoms with Crippen molar-refractivity contribution in [2.45, 2.75) is 13.8 Å². The van der Waals surface area contributed by atoms with E-state index in [-0.39, 0.29) is 12.6 Å². The monoisotopic (exact) mass is 170 g/mol. The molecular formula is C7H14N4O. The first-order valence-electron chi connectivity index (χ1n) is 3.61. The Morgan fingerprint density at radius 2 is 2.33 bits per heavy atom. The highest BCUT2D eigenvalue weighted by Crippen LogP contribution is 1.92. The Labute approximate surface area is 71.9 Å². The van der Waals surface area contributed by atoms with E-state index in [0.717, 1.165) is 0 Å². The average Bonchev–Trinajstić information content (AvgIpc) is 2.03. The van der Waals surface area contributed by atoms with Gasteiger partial charge in [0.2, 0.25) is 0 Å². The molecule has 0 unspecified atom stereocenters. The van der Waals surface area contributed by atoms with E-state index in [2.05, 4.69) is 27.2 Å². The number of nitrogens with one attached hydrogen (secondary N) is 1. The van der Waals surface area contributed by atoms with Gasteiger partial charge in [0, 0.05) is 12.6 Å². The van der Waals surface area contributed by atoms with Crippen molar-refractivity contribution in [3.63, 3.8) is 0 Å². The third-order valence-corrected chi connectivity index (χ3v) is 1.10. The average molecular weight is 170 g/mol. The third kappa shape index (κ3) is 4.56. The lowest BCUT2D eigenvalue weighted by molar-refractivity contribution is 0.310. The minimum absolute atomic E-state index is 0.223. The number of aliphatic hydroxyl groups excluding tert-OH is 1. The summed E-state index contributed by atoms with van der Waals surface area (Å²) < 4.78 is 0. The molecule has 12 heavy (non-hydrogen) atoms. The van der Waals surface area contributed by atoms with Crippen LogP contribution in [0.5, 0.6) is 0 Å². The summed E-state index contributed by atoms with van der Waals surface area (Å²) in [6.07, 6.45) is 1.29. The molecule has 0 amide bonds. The number of hydrazone groups is 1. The second-order valence-corrected chi connectivity index (χ2v) is 2.38. The highest BCUT2D eigenvalue weighted by Gasteiger charge is 2.00. The molecule has 0 atom stereocenters. The molecule has 0 aromatic carbocycles. The Morgan fingerprint density at radius 3 is 2.75 bits per heavy atom. The number of hydrogen-bond acceptors (Lipinski definition) is 3. The minimum atomic E-state index is -0.254. The molecule has 0 saturated heterocycles. The molecule has 0 fully saturated rings. The summed E-state index contributed by atoms with van der Waals surface area (Å²) in [7, 11) is 0. The molecule has 68 valence electrons. The van der Waals surface area contributed by atoms with Gasteiger partial charge >= 0.3 is 0 Å². The van der Waals surface area contributed by atoms with Crippen LogP contribution in [0.15, 0.2) is 15.1 Å². The largest absolute Gasteiger partial charge is 0.374 e. The summed E-state index contributed by atoms with van der Waals surface area (Å²) in [5.74, 6) is 0.892. The molecule has 0 aliphatic rings. The fourth-order valence-electron chi connectivity index (χ4n) is 0.528. The summed E-state index contributed by atoms with van der Waals surface area (Å²) in [4.78, 5) is 7.44. The summed E-state index contributed by atoms with van der Waals surface area (Å²) in [6, 6.07) is 0. The van der Waals surface area contributed by atoms with Gasteiger partial charge in [-0.3, -0.25) is 5.43 Å². The molecular weight excluding hydrogens is 156 g/mol. The van der Waals surface area contributed by atoms with Crippen molar-refractivity contribution in [1.82, 2.24) is 5.43 Å². The molecule has 5 nitrogen and oxygen atoms in total. The van der Waals surface area contributed by atoms with Gasteiger partial charge in [-0.2, -0.15) is 5.10 Å². The summed E-state index contributed by atoms with van der Waals surface area (Å²) in [5.41, 5.74) is 2.63. The van der Waals surface area contributed by atoms with Crippen molar-refractivity contribution in [1.29, 1.82) is 0 Å². The van der Waals surface area contributed by atoms with Crippen LogP contribution in [0.4, 0.5) is 0 Å². The van der Waals surface area contributed by atoms with Crippen LogP contribution in [0.25, 0.3) is 0 Å². The quantitative estimate of drug-likeness (QED) is 0.360. The van der Waals surface area contributed by atoms with E-state index in [9.17, 15) is 0 Å². The Morgan fingerprint density at radius 1 is 1.67 bits per heavy atom. The summed E-state index contributed by atoms with van der Waals surface area (Å²) >= 11 is 0. The number of aliphatic imine (C=N–C) groups is 2. The Balaban J connectivity index is 4.17. The molecule has 5 heteroatoms. The molecule has 0 radical (unpaired) electrons. The van der Waals surface area contributed by atoms with Gasteiger partial charge in [-0.1, -0.05) is 13.8 Å². The number of aliphatic hydroxyl groups is 1. The van der Waals surface area contributed by atoms with Gasteiger partial charge in [-0.25, -0.2) is 9.98 Å². The Kier molecular flexibility index (Phi) is 5.81. The van der Waals surface area contributed by atoms with E-state index in [4.69, 9.17) is 5.11 Å². The first-order chi connectivity index (χ1) is 5.72. The third-order valence-electron chi connectivity index (χ3n) is 1.10. The standard InChI is InChI=1S/C7H14N4O/c1-6(2)7(11-8-3)10-4-9-5-12/h4,6,12H,3,5H2,1-2H3,(H,9,10,11). The van der Waals surface area contributed by atoms with E-state index in [1.807, 2.05) is 13.8 Å². The van der Waals surface area contributed by atoms with Crippen LogP contribution in [0.3, 0.4) is 0 Å². The van der Waals surface area contributed by atoms with Crippen molar-refractivity contribution < 1.29 is 5.11 Å². The number of nitrogens with zero attached hydrogens (tertiary/aromatic N) is 3. The highest BCUT2D eigenvalue weighted by molar-refractivity contribution is 5.89. The number of rotatable bonds is 4. The molecule has 0 heterocycles. The highest BCUT2D eigenvalue weighted by atomic mass is 16.3.